The third-order valence-electron chi connectivity index (χ3n) is 7.83. The van der Waals surface area contributed by atoms with Gasteiger partial charge in [0.15, 0.2) is 0 Å². The third kappa shape index (κ3) is 4.98. The maximum atomic E-state index is 13.4. The van der Waals surface area contributed by atoms with Gasteiger partial charge in [0.25, 0.3) is 0 Å². The molecule has 2 aliphatic rings. The first-order valence-corrected chi connectivity index (χ1v) is 12.2. The van der Waals surface area contributed by atoms with E-state index in [1.54, 1.807) is 6.20 Å². The van der Waals surface area contributed by atoms with E-state index >= 15 is 0 Å². The molecule has 5 heteroatoms. The van der Waals surface area contributed by atoms with Crippen molar-refractivity contribution in [2.24, 2.45) is 17.3 Å². The zero-order valence-corrected chi connectivity index (χ0v) is 20.1. The van der Waals surface area contributed by atoms with E-state index in [0.29, 0.717) is 11.6 Å². The number of aryl methyl sites for hydroxylation is 2. The highest BCUT2D eigenvalue weighted by molar-refractivity contribution is 5.80. The van der Waals surface area contributed by atoms with E-state index in [1.165, 1.54) is 16.8 Å². The molecule has 1 spiro atoms. The summed E-state index contributed by atoms with van der Waals surface area (Å²) in [6.07, 6.45) is 13.2. The Kier molecular flexibility index (Phi) is 6.89. The SMILES string of the molecule is C=C/C=C(\c1cc[nH]c1C)C1CC[C@H](C(=O)N[C@@H](C)[C@H](O)c2ccc(C)cn2)C2(CC1)CC2. The first kappa shape index (κ1) is 23.5. The van der Waals surface area contributed by atoms with Gasteiger partial charge in [-0.15, -0.1) is 0 Å². The Bertz CT molecular complexity index is 1020. The van der Waals surface area contributed by atoms with Crippen LogP contribution in [-0.4, -0.2) is 27.0 Å². The topological polar surface area (TPSA) is 78.0 Å². The molecule has 4 rings (SSSR count). The highest BCUT2D eigenvalue weighted by Gasteiger charge is 2.53. The molecule has 0 aromatic carbocycles. The minimum absolute atomic E-state index is 0.000398. The number of amides is 1. The summed E-state index contributed by atoms with van der Waals surface area (Å²) in [5, 5.41) is 13.9. The van der Waals surface area contributed by atoms with Crippen molar-refractivity contribution in [1.29, 1.82) is 0 Å². The molecule has 2 heterocycles. The van der Waals surface area contributed by atoms with Crippen molar-refractivity contribution in [3.8, 4) is 0 Å². The van der Waals surface area contributed by atoms with Crippen molar-refractivity contribution in [1.82, 2.24) is 15.3 Å². The first-order chi connectivity index (χ1) is 15.8. The summed E-state index contributed by atoms with van der Waals surface area (Å²) in [6, 6.07) is 5.53. The number of aromatic nitrogens is 2. The van der Waals surface area contributed by atoms with Crippen LogP contribution in [0.3, 0.4) is 0 Å². The molecule has 2 fully saturated rings. The Labute approximate surface area is 197 Å². The van der Waals surface area contributed by atoms with Crippen LogP contribution < -0.4 is 5.32 Å². The van der Waals surface area contributed by atoms with Crippen LogP contribution in [0.4, 0.5) is 0 Å². The lowest BCUT2D eigenvalue weighted by Gasteiger charge is -2.27. The summed E-state index contributed by atoms with van der Waals surface area (Å²) < 4.78 is 0. The van der Waals surface area contributed by atoms with Gasteiger partial charge in [0.05, 0.1) is 11.7 Å². The molecule has 1 amide bonds. The van der Waals surface area contributed by atoms with Crippen molar-refractivity contribution < 1.29 is 9.90 Å². The highest BCUT2D eigenvalue weighted by atomic mass is 16.3. The molecule has 0 saturated heterocycles. The van der Waals surface area contributed by atoms with Gasteiger partial charge in [0.2, 0.25) is 5.91 Å². The molecule has 4 atom stereocenters. The average Bonchev–Trinajstić information content (AvgIpc) is 3.51. The summed E-state index contributed by atoms with van der Waals surface area (Å²) in [4.78, 5) is 21.0. The van der Waals surface area contributed by atoms with Crippen LogP contribution in [-0.2, 0) is 4.79 Å². The van der Waals surface area contributed by atoms with E-state index in [-0.39, 0.29) is 23.3 Å². The number of carbonyl (C=O) groups excluding carboxylic acids is 1. The molecule has 0 radical (unpaired) electrons. The van der Waals surface area contributed by atoms with Gasteiger partial charge in [-0.3, -0.25) is 9.78 Å². The summed E-state index contributed by atoms with van der Waals surface area (Å²) in [5.41, 5.74) is 5.53. The van der Waals surface area contributed by atoms with E-state index in [4.69, 9.17) is 0 Å². The van der Waals surface area contributed by atoms with Gasteiger partial charge in [-0.2, -0.15) is 0 Å². The normalized spacial score (nSPS) is 24.1. The monoisotopic (exact) mass is 447 g/mol. The van der Waals surface area contributed by atoms with Crippen LogP contribution >= 0.6 is 0 Å². The lowest BCUT2D eigenvalue weighted by atomic mass is 9.83. The maximum absolute atomic E-state index is 13.4. The van der Waals surface area contributed by atoms with Gasteiger partial charge >= 0.3 is 0 Å². The van der Waals surface area contributed by atoms with Crippen molar-refractivity contribution in [3.63, 3.8) is 0 Å². The fourth-order valence-electron chi connectivity index (χ4n) is 5.59. The van der Waals surface area contributed by atoms with Gasteiger partial charge in [-0.1, -0.05) is 24.8 Å². The van der Waals surface area contributed by atoms with E-state index in [9.17, 15) is 9.90 Å². The number of hydrogen-bond donors (Lipinski definition) is 3. The summed E-state index contributed by atoms with van der Waals surface area (Å²) in [6.45, 7) is 9.88. The number of aliphatic hydroxyl groups is 1. The van der Waals surface area contributed by atoms with Crippen LogP contribution in [0, 0.1) is 31.1 Å². The Hall–Kier alpha value is -2.66. The minimum Gasteiger partial charge on any atom is -0.385 e. The fraction of sp³-hybridized carbons (Fsp3) is 0.500. The minimum atomic E-state index is -0.818. The second-order valence-corrected chi connectivity index (χ2v) is 10.1. The second kappa shape index (κ2) is 9.68. The number of pyridine rings is 1. The molecule has 2 aliphatic carbocycles. The second-order valence-electron chi connectivity index (χ2n) is 10.1. The molecule has 2 aromatic rings. The zero-order chi connectivity index (χ0) is 23.6. The number of aromatic amines is 1. The van der Waals surface area contributed by atoms with Crippen molar-refractivity contribution >= 4 is 11.5 Å². The lowest BCUT2D eigenvalue weighted by Crippen LogP contribution is -2.43. The highest BCUT2D eigenvalue weighted by Crippen LogP contribution is 2.60. The van der Waals surface area contributed by atoms with Crippen LogP contribution in [0.25, 0.3) is 5.57 Å². The first-order valence-electron chi connectivity index (χ1n) is 12.2. The standard InChI is InChI=1S/C28H37N3O2/c1-5-6-23(22-12-16-29-19(22)3)21-8-9-24(28(13-11-21)14-15-28)27(33)31-20(4)26(32)25-10-7-18(2)17-30-25/h5-7,10,12,16-17,20-21,24,26,29,32H,1,8-9,11,13-15H2,2-4H3,(H,31,33)/b23-6-/t20-,21?,24+,26-/m0/s1. The predicted octanol–water partition coefficient (Wildman–Crippen LogP) is 5.42. The van der Waals surface area contributed by atoms with E-state index in [1.807, 2.05) is 38.3 Å². The van der Waals surface area contributed by atoms with Gasteiger partial charge in [0, 0.05) is 24.0 Å². The van der Waals surface area contributed by atoms with Gasteiger partial charge in [-0.05, 0) is 99.5 Å². The predicted molar refractivity (Wildman–Crippen MR) is 132 cm³/mol. The molecule has 0 aliphatic heterocycles. The number of aliphatic hydroxyl groups excluding tert-OH is 1. The van der Waals surface area contributed by atoms with Gasteiger partial charge in [-0.25, -0.2) is 0 Å². The third-order valence-corrected chi connectivity index (χ3v) is 7.83. The molecular formula is C28H37N3O2. The Balaban J connectivity index is 1.46. The molecule has 1 unspecified atom stereocenters. The molecule has 2 aromatic heterocycles. The van der Waals surface area contributed by atoms with E-state index in [2.05, 4.69) is 40.9 Å². The number of allylic oxidation sites excluding steroid dienone is 3. The number of hydrogen-bond acceptors (Lipinski definition) is 3. The average molecular weight is 448 g/mol. The van der Waals surface area contributed by atoms with Crippen LogP contribution in [0.1, 0.15) is 74.1 Å². The smallest absolute Gasteiger partial charge is 0.223 e. The van der Waals surface area contributed by atoms with E-state index < -0.39 is 6.10 Å². The summed E-state index contributed by atoms with van der Waals surface area (Å²) in [5.74, 6) is 0.506. The van der Waals surface area contributed by atoms with Crippen LogP contribution in [0.15, 0.2) is 49.3 Å². The zero-order valence-electron chi connectivity index (χ0n) is 20.1. The number of carbonyl (C=O) groups is 1. The van der Waals surface area contributed by atoms with Crippen LogP contribution in [0.2, 0.25) is 0 Å². The quantitative estimate of drug-likeness (QED) is 0.496. The fourth-order valence-corrected chi connectivity index (χ4v) is 5.59. The Morgan fingerprint density at radius 3 is 2.64 bits per heavy atom. The van der Waals surface area contributed by atoms with E-state index in [0.717, 1.165) is 44.1 Å². The molecule has 5 nitrogen and oxygen atoms in total. The lowest BCUT2D eigenvalue weighted by molar-refractivity contribution is -0.129. The number of H-pyrrole nitrogens is 1. The van der Waals surface area contributed by atoms with Crippen LogP contribution in [0.5, 0.6) is 0 Å². The van der Waals surface area contributed by atoms with Crippen molar-refractivity contribution in [2.45, 2.75) is 71.4 Å². The Morgan fingerprint density at radius 2 is 2.03 bits per heavy atom. The number of nitrogens with one attached hydrogen (secondary N) is 2. The largest absolute Gasteiger partial charge is 0.385 e. The summed E-state index contributed by atoms with van der Waals surface area (Å²) >= 11 is 0. The molecule has 33 heavy (non-hydrogen) atoms. The van der Waals surface area contributed by atoms with Crippen molar-refractivity contribution in [2.75, 3.05) is 0 Å². The summed E-state index contributed by atoms with van der Waals surface area (Å²) in [7, 11) is 0. The molecule has 2 saturated carbocycles. The molecule has 176 valence electrons. The molecular weight excluding hydrogens is 410 g/mol. The maximum Gasteiger partial charge on any atom is 0.223 e. The molecule has 3 N–H and O–H groups in total. The number of rotatable bonds is 7. The van der Waals surface area contributed by atoms with Gasteiger partial charge < -0.3 is 15.4 Å². The molecule has 0 bridgehead atoms. The number of nitrogens with zero attached hydrogens (tertiary/aromatic N) is 1. The Morgan fingerprint density at radius 1 is 1.24 bits per heavy atom. The van der Waals surface area contributed by atoms with Crippen molar-refractivity contribution in [3.05, 3.63) is 71.8 Å². The van der Waals surface area contributed by atoms with Gasteiger partial charge in [0.1, 0.15) is 6.10 Å².